The molecule has 0 aromatic carbocycles. The maximum absolute atomic E-state index is 12.8. The summed E-state index contributed by atoms with van der Waals surface area (Å²) in [6, 6.07) is 1.51. The molecule has 0 bridgehead atoms. The Morgan fingerprint density at radius 3 is 2.44 bits per heavy atom. The molecule has 0 saturated carbocycles. The van der Waals surface area contributed by atoms with Crippen LogP contribution < -0.4 is 4.74 Å². The van der Waals surface area contributed by atoms with Gasteiger partial charge in [-0.25, -0.2) is 13.8 Å². The highest BCUT2D eigenvalue weighted by molar-refractivity contribution is 5.39. The van der Waals surface area contributed by atoms with Gasteiger partial charge in [-0.3, -0.25) is 0 Å². The van der Waals surface area contributed by atoms with Gasteiger partial charge in [0.25, 0.3) is 6.43 Å². The van der Waals surface area contributed by atoms with Crippen molar-refractivity contribution >= 4 is 0 Å². The molecule has 0 spiro atoms. The zero-order valence-corrected chi connectivity index (χ0v) is 8.43. The first kappa shape index (κ1) is 14.1. The van der Waals surface area contributed by atoms with Gasteiger partial charge in [0.2, 0.25) is 5.95 Å². The Labute approximate surface area is 96.6 Å². The fourth-order valence-corrected chi connectivity index (χ4v) is 1.16. The van der Waals surface area contributed by atoms with Crippen molar-refractivity contribution in [3.8, 4) is 11.8 Å². The van der Waals surface area contributed by atoms with Crippen molar-refractivity contribution in [3.05, 3.63) is 23.3 Å². The number of nitriles is 1. The molecule has 9 heteroatoms. The molecule has 1 aromatic heterocycles. The van der Waals surface area contributed by atoms with Crippen molar-refractivity contribution in [1.29, 1.82) is 5.26 Å². The standard InChI is InChI=1S/C9H4F6N2O/c10-6-3-4(8(11)12)7(18-9(13,14)15)5(17-6)1-2-16/h3,8H,1H2. The van der Waals surface area contributed by atoms with Crippen molar-refractivity contribution in [1.82, 2.24) is 4.98 Å². The number of aromatic nitrogens is 1. The molecule has 0 aliphatic heterocycles. The van der Waals surface area contributed by atoms with Gasteiger partial charge >= 0.3 is 6.36 Å². The van der Waals surface area contributed by atoms with Gasteiger partial charge in [0.05, 0.1) is 18.1 Å². The molecule has 1 heterocycles. The number of nitrogens with zero attached hydrogens (tertiary/aromatic N) is 2. The molecule has 0 N–H and O–H groups in total. The van der Waals surface area contributed by atoms with Crippen LogP contribution in [0.1, 0.15) is 17.7 Å². The van der Waals surface area contributed by atoms with E-state index in [1.807, 2.05) is 0 Å². The zero-order chi connectivity index (χ0) is 13.9. The predicted octanol–water partition coefficient (Wildman–Crippen LogP) is 3.12. The Balaban J connectivity index is 3.37. The highest BCUT2D eigenvalue weighted by Crippen LogP contribution is 2.35. The average molecular weight is 270 g/mol. The molecule has 1 rings (SSSR count). The topological polar surface area (TPSA) is 45.9 Å². The van der Waals surface area contributed by atoms with Gasteiger partial charge in [-0.2, -0.15) is 9.65 Å². The summed E-state index contributed by atoms with van der Waals surface area (Å²) >= 11 is 0. The fourth-order valence-electron chi connectivity index (χ4n) is 1.16. The summed E-state index contributed by atoms with van der Waals surface area (Å²) in [6.45, 7) is 0. The van der Waals surface area contributed by atoms with Gasteiger partial charge in [-0.05, 0) is 0 Å². The van der Waals surface area contributed by atoms with Gasteiger partial charge in [-0.1, -0.05) is 0 Å². The van der Waals surface area contributed by atoms with E-state index in [0.29, 0.717) is 0 Å². The maximum atomic E-state index is 12.8. The minimum atomic E-state index is -5.24. The SMILES string of the molecule is N#CCc1nc(F)cc(C(F)F)c1OC(F)(F)F. The Kier molecular flexibility index (Phi) is 4.00. The molecule has 0 radical (unpaired) electrons. The molecule has 1 aromatic rings. The number of ether oxygens (including phenoxy) is 1. The summed E-state index contributed by atoms with van der Waals surface area (Å²) in [7, 11) is 0. The summed E-state index contributed by atoms with van der Waals surface area (Å²) in [5.74, 6) is -2.74. The zero-order valence-electron chi connectivity index (χ0n) is 8.43. The van der Waals surface area contributed by atoms with Crippen LogP contribution in [0.2, 0.25) is 0 Å². The van der Waals surface area contributed by atoms with Crippen LogP contribution in [-0.4, -0.2) is 11.3 Å². The Bertz CT molecular complexity index is 479. The third kappa shape index (κ3) is 3.51. The summed E-state index contributed by atoms with van der Waals surface area (Å²) in [5, 5.41) is 8.33. The molecule has 0 saturated heterocycles. The van der Waals surface area contributed by atoms with E-state index in [1.165, 1.54) is 6.07 Å². The second-order valence-corrected chi connectivity index (χ2v) is 2.99. The van der Waals surface area contributed by atoms with Crippen LogP contribution in [0.4, 0.5) is 26.3 Å². The van der Waals surface area contributed by atoms with Crippen LogP contribution in [0.3, 0.4) is 0 Å². The highest BCUT2D eigenvalue weighted by atomic mass is 19.4. The lowest BCUT2D eigenvalue weighted by Crippen LogP contribution is -2.20. The van der Waals surface area contributed by atoms with Gasteiger partial charge in [0.15, 0.2) is 5.75 Å². The maximum Gasteiger partial charge on any atom is 0.573 e. The van der Waals surface area contributed by atoms with E-state index in [2.05, 4.69) is 9.72 Å². The van der Waals surface area contributed by atoms with Crippen LogP contribution >= 0.6 is 0 Å². The minimum Gasteiger partial charge on any atom is -0.403 e. The average Bonchev–Trinajstić information content (AvgIpc) is 2.19. The first-order valence-electron chi connectivity index (χ1n) is 4.34. The van der Waals surface area contributed by atoms with Gasteiger partial charge in [0, 0.05) is 6.07 Å². The Morgan fingerprint density at radius 1 is 1.39 bits per heavy atom. The van der Waals surface area contributed by atoms with Crippen molar-refractivity contribution in [2.45, 2.75) is 19.2 Å². The number of hydrogen-bond donors (Lipinski definition) is 0. The normalized spacial score (nSPS) is 11.4. The van der Waals surface area contributed by atoms with Crippen molar-refractivity contribution in [2.24, 2.45) is 0 Å². The first-order chi connectivity index (χ1) is 8.24. The number of alkyl halides is 5. The molecule has 3 nitrogen and oxygen atoms in total. The highest BCUT2D eigenvalue weighted by Gasteiger charge is 2.35. The van der Waals surface area contributed by atoms with Gasteiger partial charge < -0.3 is 4.74 Å². The fraction of sp³-hybridized carbons (Fsp3) is 0.333. The van der Waals surface area contributed by atoms with E-state index in [0.717, 1.165) is 0 Å². The monoisotopic (exact) mass is 270 g/mol. The molecule has 0 unspecified atom stereocenters. The van der Waals surface area contributed by atoms with E-state index in [1.54, 1.807) is 0 Å². The largest absolute Gasteiger partial charge is 0.573 e. The van der Waals surface area contributed by atoms with Crippen LogP contribution in [-0.2, 0) is 6.42 Å². The lowest BCUT2D eigenvalue weighted by molar-refractivity contribution is -0.275. The number of pyridine rings is 1. The number of rotatable bonds is 3. The van der Waals surface area contributed by atoms with E-state index in [9.17, 15) is 26.3 Å². The molecule has 98 valence electrons. The van der Waals surface area contributed by atoms with Crippen LogP contribution in [0.25, 0.3) is 0 Å². The molecule has 0 atom stereocenters. The second-order valence-electron chi connectivity index (χ2n) is 2.99. The van der Waals surface area contributed by atoms with Crippen LogP contribution in [0.15, 0.2) is 6.07 Å². The van der Waals surface area contributed by atoms with E-state index in [4.69, 9.17) is 5.26 Å². The van der Waals surface area contributed by atoms with Crippen molar-refractivity contribution < 1.29 is 31.1 Å². The van der Waals surface area contributed by atoms with E-state index >= 15 is 0 Å². The van der Waals surface area contributed by atoms with Crippen molar-refractivity contribution in [2.75, 3.05) is 0 Å². The van der Waals surface area contributed by atoms with Gasteiger partial charge in [-0.15, -0.1) is 13.2 Å². The molecule has 0 amide bonds. The van der Waals surface area contributed by atoms with E-state index < -0.39 is 42.2 Å². The minimum absolute atomic E-state index is 0.132. The van der Waals surface area contributed by atoms with Crippen LogP contribution in [0.5, 0.6) is 5.75 Å². The third-order valence-corrected chi connectivity index (χ3v) is 1.74. The predicted molar refractivity (Wildman–Crippen MR) is 45.2 cm³/mol. The molecule has 0 fully saturated rings. The molecule has 0 aliphatic rings. The molecule has 18 heavy (non-hydrogen) atoms. The Hall–Kier alpha value is -1.98. The summed E-state index contributed by atoms with van der Waals surface area (Å²) < 4.78 is 77.3. The summed E-state index contributed by atoms with van der Waals surface area (Å²) in [5.41, 5.74) is -2.13. The van der Waals surface area contributed by atoms with E-state index in [-0.39, 0.29) is 6.07 Å². The smallest absolute Gasteiger partial charge is 0.403 e. The summed E-state index contributed by atoms with van der Waals surface area (Å²) in [4.78, 5) is 2.94. The van der Waals surface area contributed by atoms with Gasteiger partial charge in [0.1, 0.15) is 5.69 Å². The lowest BCUT2D eigenvalue weighted by Gasteiger charge is -2.15. The van der Waals surface area contributed by atoms with Crippen molar-refractivity contribution in [3.63, 3.8) is 0 Å². The lowest BCUT2D eigenvalue weighted by atomic mass is 10.1. The quantitative estimate of drug-likeness (QED) is 0.626. The number of halogens is 6. The third-order valence-electron chi connectivity index (χ3n) is 1.74. The van der Waals surface area contributed by atoms with Crippen LogP contribution in [0, 0.1) is 17.3 Å². The molecule has 0 aliphatic carbocycles. The first-order valence-corrected chi connectivity index (χ1v) is 4.34. The second kappa shape index (κ2) is 5.12. The summed E-state index contributed by atoms with van der Waals surface area (Å²) in [6.07, 6.45) is -9.42. The molecular formula is C9H4F6N2O. The number of hydrogen-bond acceptors (Lipinski definition) is 3. The Morgan fingerprint density at radius 2 is 2.00 bits per heavy atom. The molecular weight excluding hydrogens is 266 g/mol.